The van der Waals surface area contributed by atoms with Crippen LogP contribution in [0.3, 0.4) is 0 Å². The maximum absolute atomic E-state index is 13.7. The fourth-order valence-electron chi connectivity index (χ4n) is 5.88. The molecule has 0 bridgehead atoms. The summed E-state index contributed by atoms with van der Waals surface area (Å²) in [6, 6.07) is 7.07. The summed E-state index contributed by atoms with van der Waals surface area (Å²) >= 11 is 6.01. The molecule has 0 radical (unpaired) electrons. The van der Waals surface area contributed by atoms with E-state index in [1.165, 1.54) is 12.0 Å². The van der Waals surface area contributed by atoms with Gasteiger partial charge in [-0.15, -0.1) is 12.4 Å². The van der Waals surface area contributed by atoms with E-state index in [1.807, 2.05) is 29.2 Å². The molecule has 1 aliphatic carbocycles. The average molecular weight is 513 g/mol. The molecule has 1 spiro atoms. The van der Waals surface area contributed by atoms with Crippen LogP contribution < -0.4 is 5.32 Å². The number of nitrogens with one attached hydrogen (secondary N) is 1. The zero-order chi connectivity index (χ0) is 23.4. The summed E-state index contributed by atoms with van der Waals surface area (Å²) in [5.41, 5.74) is 0.393. The largest absolute Gasteiger partial charge is 0.390 e. The van der Waals surface area contributed by atoms with Gasteiger partial charge in [0.05, 0.1) is 6.10 Å². The Morgan fingerprint density at radius 3 is 2.38 bits per heavy atom. The smallest absolute Gasteiger partial charge is 0.248 e. The quantitative estimate of drug-likeness (QED) is 0.576. The minimum atomic E-state index is -0.810. The molecule has 2 N–H and O–H groups in total. The number of piperidine rings is 1. The van der Waals surface area contributed by atoms with Gasteiger partial charge < -0.3 is 15.3 Å². The number of piperazine rings is 1. The summed E-state index contributed by atoms with van der Waals surface area (Å²) in [6.45, 7) is 4.99. The Kier molecular flexibility index (Phi) is 9.67. The summed E-state index contributed by atoms with van der Waals surface area (Å²) in [5.74, 6) is -0.0761. The number of benzene rings is 1. The number of nitrogens with zero attached hydrogens (tertiary/aromatic N) is 2. The molecule has 1 saturated carbocycles. The van der Waals surface area contributed by atoms with Crippen LogP contribution >= 0.6 is 24.0 Å². The third-order valence-electron chi connectivity index (χ3n) is 7.97. The van der Waals surface area contributed by atoms with Crippen LogP contribution in [-0.4, -0.2) is 64.0 Å². The van der Waals surface area contributed by atoms with Gasteiger partial charge in [-0.25, -0.2) is 0 Å². The van der Waals surface area contributed by atoms with Gasteiger partial charge in [-0.05, 0) is 55.7 Å². The number of carbonyl (C=O) groups excluding carboxylic acids is 2. The van der Waals surface area contributed by atoms with Crippen molar-refractivity contribution in [1.29, 1.82) is 0 Å². The summed E-state index contributed by atoms with van der Waals surface area (Å²) in [6.07, 6.45) is 7.48. The van der Waals surface area contributed by atoms with E-state index in [0.717, 1.165) is 63.2 Å². The van der Waals surface area contributed by atoms with Crippen LogP contribution in [0.25, 0.3) is 0 Å². The topological polar surface area (TPSA) is 72.9 Å². The zero-order valence-corrected chi connectivity index (χ0v) is 21.8. The average Bonchev–Trinajstić information content (AvgIpc) is 2.84. The van der Waals surface area contributed by atoms with Crippen molar-refractivity contribution in [3.05, 3.63) is 34.9 Å². The second-order valence-electron chi connectivity index (χ2n) is 10.1. The van der Waals surface area contributed by atoms with Crippen LogP contribution in [0.5, 0.6) is 0 Å². The van der Waals surface area contributed by atoms with Crippen LogP contribution in [-0.2, 0) is 16.1 Å². The minimum absolute atomic E-state index is 0. The lowest BCUT2D eigenvalue weighted by atomic mass is 9.78. The fourth-order valence-corrected chi connectivity index (χ4v) is 6.01. The fraction of sp³-hybridized carbons (Fsp3) is 0.692. The first-order chi connectivity index (χ1) is 15.9. The number of unbranched alkanes of at least 4 members (excludes halogenated alkanes) is 1. The van der Waals surface area contributed by atoms with Gasteiger partial charge in [0, 0.05) is 31.2 Å². The number of amides is 2. The van der Waals surface area contributed by atoms with Gasteiger partial charge in [0.1, 0.15) is 11.6 Å². The molecule has 34 heavy (non-hydrogen) atoms. The molecule has 1 aromatic rings. The Labute approximate surface area is 214 Å². The summed E-state index contributed by atoms with van der Waals surface area (Å²) in [7, 11) is 0. The van der Waals surface area contributed by atoms with E-state index in [9.17, 15) is 14.7 Å². The number of likely N-dealkylation sites (tertiary alicyclic amines) is 1. The number of aliphatic hydroxyl groups is 1. The lowest BCUT2D eigenvalue weighted by Gasteiger charge is -2.52. The van der Waals surface area contributed by atoms with E-state index in [0.29, 0.717) is 19.4 Å². The Hall–Kier alpha value is -1.34. The van der Waals surface area contributed by atoms with Crippen LogP contribution in [0.1, 0.15) is 70.3 Å². The first-order valence-electron chi connectivity index (χ1n) is 12.7. The predicted molar refractivity (Wildman–Crippen MR) is 137 cm³/mol. The monoisotopic (exact) mass is 511 g/mol. The van der Waals surface area contributed by atoms with Crippen molar-refractivity contribution >= 4 is 35.8 Å². The van der Waals surface area contributed by atoms with Crippen molar-refractivity contribution in [2.75, 3.05) is 19.6 Å². The zero-order valence-electron chi connectivity index (χ0n) is 20.2. The van der Waals surface area contributed by atoms with Gasteiger partial charge in [0.15, 0.2) is 0 Å². The standard InChI is InChI=1S/C26H38ClN3O3.ClH/c1-2-3-15-30-24(32)22(23(31)20-7-5-4-6-8-20)28-25(33)26(30)13-16-29(17-14-26)18-19-9-11-21(27)12-10-19;/h9-12,20,22-23,31H,2-8,13-18H2,1H3,(H,28,33);1H/t22-,23-;/m1./s1. The van der Waals surface area contributed by atoms with Crippen molar-refractivity contribution in [3.8, 4) is 0 Å². The number of hydrogen-bond donors (Lipinski definition) is 2. The van der Waals surface area contributed by atoms with Gasteiger partial charge >= 0.3 is 0 Å². The maximum Gasteiger partial charge on any atom is 0.248 e. The molecule has 3 fully saturated rings. The molecule has 2 amide bonds. The second-order valence-corrected chi connectivity index (χ2v) is 10.6. The van der Waals surface area contributed by atoms with Gasteiger partial charge in [-0.2, -0.15) is 0 Å². The number of carbonyl (C=O) groups is 2. The lowest BCUT2D eigenvalue weighted by Crippen LogP contribution is -2.75. The Morgan fingerprint density at radius 1 is 1.12 bits per heavy atom. The third-order valence-corrected chi connectivity index (χ3v) is 8.22. The SMILES string of the molecule is CCCCN1C(=O)[C@@H]([C@H](O)C2CCCCC2)NC(=O)C12CCN(Cc1ccc(Cl)cc1)CC2.Cl. The van der Waals surface area contributed by atoms with E-state index in [-0.39, 0.29) is 30.1 Å². The lowest BCUT2D eigenvalue weighted by molar-refractivity contribution is -0.166. The molecule has 2 heterocycles. The maximum atomic E-state index is 13.7. The molecule has 2 saturated heterocycles. The molecule has 0 aromatic heterocycles. The van der Waals surface area contributed by atoms with Gasteiger partial charge in [0.25, 0.3) is 0 Å². The van der Waals surface area contributed by atoms with E-state index in [2.05, 4.69) is 17.1 Å². The van der Waals surface area contributed by atoms with Crippen molar-refractivity contribution in [3.63, 3.8) is 0 Å². The van der Waals surface area contributed by atoms with Crippen molar-refractivity contribution in [2.24, 2.45) is 5.92 Å². The van der Waals surface area contributed by atoms with E-state index in [4.69, 9.17) is 11.6 Å². The molecular formula is C26H39Cl2N3O3. The third kappa shape index (κ3) is 5.72. The molecule has 2 atom stereocenters. The summed E-state index contributed by atoms with van der Waals surface area (Å²) in [5, 5.41) is 14.8. The molecule has 6 nitrogen and oxygen atoms in total. The first-order valence-corrected chi connectivity index (χ1v) is 13.1. The van der Waals surface area contributed by atoms with Crippen LogP contribution in [0.4, 0.5) is 0 Å². The molecular weight excluding hydrogens is 473 g/mol. The highest BCUT2D eigenvalue weighted by atomic mass is 35.5. The van der Waals surface area contributed by atoms with Crippen LogP contribution in [0, 0.1) is 5.92 Å². The Morgan fingerprint density at radius 2 is 1.76 bits per heavy atom. The van der Waals surface area contributed by atoms with Crippen molar-refractivity contribution < 1.29 is 14.7 Å². The molecule has 2 aliphatic heterocycles. The summed E-state index contributed by atoms with van der Waals surface area (Å²) < 4.78 is 0. The highest BCUT2D eigenvalue weighted by Gasteiger charge is 2.55. The van der Waals surface area contributed by atoms with Gasteiger partial charge in [-0.1, -0.05) is 56.3 Å². The number of rotatable bonds is 7. The number of aliphatic hydroxyl groups excluding tert-OH is 1. The van der Waals surface area contributed by atoms with Crippen molar-refractivity contribution in [2.45, 2.75) is 88.9 Å². The summed E-state index contributed by atoms with van der Waals surface area (Å²) in [4.78, 5) is 31.4. The van der Waals surface area contributed by atoms with Crippen molar-refractivity contribution in [1.82, 2.24) is 15.1 Å². The van der Waals surface area contributed by atoms with E-state index >= 15 is 0 Å². The number of hydrogen-bond acceptors (Lipinski definition) is 4. The molecule has 3 aliphatic rings. The molecule has 8 heteroatoms. The van der Waals surface area contributed by atoms with Crippen LogP contribution in [0.2, 0.25) is 5.02 Å². The second kappa shape index (κ2) is 12.1. The highest BCUT2D eigenvalue weighted by Crippen LogP contribution is 2.36. The molecule has 0 unspecified atom stereocenters. The normalized spacial score (nSPS) is 24.6. The molecule has 1 aromatic carbocycles. The minimum Gasteiger partial charge on any atom is -0.390 e. The highest BCUT2D eigenvalue weighted by molar-refractivity contribution is 6.30. The van der Waals surface area contributed by atoms with E-state index < -0.39 is 17.7 Å². The van der Waals surface area contributed by atoms with Gasteiger partial charge in [-0.3, -0.25) is 14.5 Å². The Balaban J connectivity index is 0.00000324. The predicted octanol–water partition coefficient (Wildman–Crippen LogP) is 4.16. The van der Waals surface area contributed by atoms with Gasteiger partial charge in [0.2, 0.25) is 11.8 Å². The van der Waals surface area contributed by atoms with Crippen LogP contribution in [0.15, 0.2) is 24.3 Å². The van der Waals surface area contributed by atoms with E-state index in [1.54, 1.807) is 0 Å². The number of halogens is 2. The Bertz CT molecular complexity index is 821. The first kappa shape index (κ1) is 27.3. The molecule has 190 valence electrons. The molecule has 4 rings (SSSR count).